The first-order valence-electron chi connectivity index (χ1n) is 12.1. The van der Waals surface area contributed by atoms with E-state index in [2.05, 4.69) is 52.4 Å². The van der Waals surface area contributed by atoms with Gasteiger partial charge in [0.1, 0.15) is 24.5 Å². The zero-order valence-electron chi connectivity index (χ0n) is 22.7. The number of terminal acetylenes is 1. The summed E-state index contributed by atoms with van der Waals surface area (Å²) in [4.78, 5) is 40.5. The molecule has 14 heteroatoms. The molecule has 1 amide bonds. The maximum absolute atomic E-state index is 12.7. The summed E-state index contributed by atoms with van der Waals surface area (Å²) in [6.07, 6.45) is 11.7. The van der Waals surface area contributed by atoms with E-state index in [1.54, 1.807) is 36.9 Å². The Balaban J connectivity index is 0.00000462. The highest BCUT2D eigenvalue weighted by Crippen LogP contribution is 2.27. The van der Waals surface area contributed by atoms with Crippen LogP contribution in [0.3, 0.4) is 0 Å². The van der Waals surface area contributed by atoms with E-state index < -0.39 is 4.92 Å². The normalized spacial score (nSPS) is 11.2. The van der Waals surface area contributed by atoms with Gasteiger partial charge in [-0.2, -0.15) is 0 Å². The Kier molecular flexibility index (Phi) is 9.92. The number of nitro groups is 1. The molecule has 1 aromatic carbocycles. The summed E-state index contributed by atoms with van der Waals surface area (Å²) in [6, 6.07) is 7.22. The van der Waals surface area contributed by atoms with Crippen LogP contribution in [0, 0.1) is 29.4 Å². The summed E-state index contributed by atoms with van der Waals surface area (Å²) in [6.45, 7) is 2.54. The average molecular weight is 685 g/mol. The van der Waals surface area contributed by atoms with Crippen molar-refractivity contribution in [3.63, 3.8) is 0 Å². The smallest absolute Gasteiger partial charge is 0.391 e. The number of fused-ring (bicyclic) bond motifs is 1. The van der Waals surface area contributed by atoms with Crippen LogP contribution < -0.4 is 27.6 Å². The van der Waals surface area contributed by atoms with Gasteiger partial charge in [0.25, 0.3) is 0 Å². The Bertz CT molecular complexity index is 1690. The summed E-state index contributed by atoms with van der Waals surface area (Å²) in [5.41, 5.74) is 2.56. The molecule has 12 nitrogen and oxygen atoms in total. The zero-order chi connectivity index (χ0) is 29.0. The lowest BCUT2D eigenvalue weighted by Gasteiger charge is -2.28. The van der Waals surface area contributed by atoms with Gasteiger partial charge in [-0.25, -0.2) is 15.0 Å². The fourth-order valence-electron chi connectivity index (χ4n) is 4.02. The van der Waals surface area contributed by atoms with Crippen molar-refractivity contribution in [1.29, 1.82) is 0 Å². The van der Waals surface area contributed by atoms with E-state index >= 15 is 0 Å². The monoisotopic (exact) mass is 683 g/mol. The first kappa shape index (κ1) is 31.3. The van der Waals surface area contributed by atoms with Gasteiger partial charge in [0, 0.05) is 41.2 Å². The van der Waals surface area contributed by atoms with Gasteiger partial charge < -0.3 is 46.8 Å². The largest absolute Gasteiger partial charge is 1.00 e. The zero-order valence-corrected chi connectivity index (χ0v) is 25.9. The van der Waals surface area contributed by atoms with Crippen molar-refractivity contribution in [2.24, 2.45) is 7.05 Å². The number of rotatable bonds is 9. The molecule has 0 aliphatic heterocycles. The molecule has 0 unspecified atom stereocenters. The van der Waals surface area contributed by atoms with Crippen LogP contribution >= 0.6 is 15.9 Å². The molecule has 4 aromatic rings. The molecule has 0 spiro atoms. The summed E-state index contributed by atoms with van der Waals surface area (Å²) in [5, 5.41) is 18.1. The number of aromatic nitrogens is 5. The number of nitrogens with zero attached hydrogens (tertiary/aromatic N) is 7. The van der Waals surface area contributed by atoms with Gasteiger partial charge in [-0.1, -0.05) is 5.92 Å². The van der Waals surface area contributed by atoms with E-state index in [1.165, 1.54) is 12.4 Å². The minimum Gasteiger partial charge on any atom is -1.00 e. The minimum absolute atomic E-state index is 0. The summed E-state index contributed by atoms with van der Waals surface area (Å²) < 4.78 is 2.91. The van der Waals surface area contributed by atoms with E-state index in [4.69, 9.17) is 6.42 Å². The van der Waals surface area contributed by atoms with Crippen molar-refractivity contribution in [2.75, 3.05) is 31.3 Å². The molecule has 3 aromatic heterocycles. The van der Waals surface area contributed by atoms with Crippen LogP contribution in [-0.2, 0) is 18.4 Å². The predicted molar refractivity (Wildman–Crippen MR) is 156 cm³/mol. The quantitative estimate of drug-likeness (QED) is 0.0883. The van der Waals surface area contributed by atoms with Gasteiger partial charge in [0.15, 0.2) is 5.69 Å². The molecule has 41 heavy (non-hydrogen) atoms. The van der Waals surface area contributed by atoms with Crippen molar-refractivity contribution in [2.45, 2.75) is 13.5 Å². The minimum atomic E-state index is -0.471. The number of imidazole rings is 1. The second-order valence-electron chi connectivity index (χ2n) is 9.69. The Morgan fingerprint density at radius 1 is 1.27 bits per heavy atom. The van der Waals surface area contributed by atoms with Crippen LogP contribution in [0.1, 0.15) is 17.1 Å². The van der Waals surface area contributed by atoms with Gasteiger partial charge in [0.2, 0.25) is 11.7 Å². The summed E-state index contributed by atoms with van der Waals surface area (Å²) in [7, 11) is 5.60. The Hall–Kier alpha value is -4.19. The van der Waals surface area contributed by atoms with Gasteiger partial charge in [0.05, 0.1) is 32.4 Å². The van der Waals surface area contributed by atoms with E-state index in [1.807, 2.05) is 32.3 Å². The number of amides is 1. The first-order chi connectivity index (χ1) is 19.0. The number of likely N-dealkylation sites (N-methyl/N-ethyl adjacent to an activating group) is 1. The number of quaternary nitrogens is 1. The lowest BCUT2D eigenvalue weighted by molar-refractivity contribution is -0.898. The number of nitrogens with one attached hydrogen (secondary N) is 2. The highest BCUT2D eigenvalue weighted by Gasteiger charge is 2.29. The number of aryl methyl sites for hydroxylation is 1. The molecule has 0 bridgehead atoms. The molecule has 0 fully saturated rings. The van der Waals surface area contributed by atoms with E-state index in [0.29, 0.717) is 57.2 Å². The Morgan fingerprint density at radius 3 is 2.73 bits per heavy atom. The number of carbonyl (C=O) groups is 1. The summed E-state index contributed by atoms with van der Waals surface area (Å²) in [5.74, 6) is 3.53. The molecular formula is C27H27Br2N9O3. The fraction of sp³-hybridized carbons (Fsp3) is 0.222. The van der Waals surface area contributed by atoms with Crippen molar-refractivity contribution < 1.29 is 31.2 Å². The highest BCUT2D eigenvalue weighted by molar-refractivity contribution is 9.10. The number of anilines is 3. The molecule has 0 aliphatic carbocycles. The second-order valence-corrected chi connectivity index (χ2v) is 10.5. The maximum atomic E-state index is 12.7. The van der Waals surface area contributed by atoms with Crippen molar-refractivity contribution in [3.05, 3.63) is 80.6 Å². The van der Waals surface area contributed by atoms with Crippen LogP contribution in [0.2, 0.25) is 0 Å². The number of benzene rings is 1. The average Bonchev–Trinajstić information content (AvgIpc) is 3.18. The highest BCUT2D eigenvalue weighted by atomic mass is 79.9. The molecule has 2 N–H and O–H groups in total. The molecule has 4 rings (SSSR count). The van der Waals surface area contributed by atoms with Gasteiger partial charge in [-0.15, -0.1) is 6.42 Å². The third-order valence-corrected chi connectivity index (χ3v) is 6.88. The van der Waals surface area contributed by atoms with Crippen LogP contribution in [0.4, 0.5) is 23.1 Å². The molecule has 0 aliphatic rings. The SMILES string of the molecule is C#Cc1cc(Nc2ncnc3cnc(NC(=O)/C=C/C[N+](C)(C)Cc4c([N+](=O)[O-])nc(C)n4C)cc23)ccc1Br.[Br-]. The second kappa shape index (κ2) is 13.0. The van der Waals surface area contributed by atoms with Crippen LogP contribution in [0.25, 0.3) is 10.9 Å². The lowest BCUT2D eigenvalue weighted by atomic mass is 10.2. The number of hydrogen-bond acceptors (Lipinski definition) is 8. The molecular weight excluding hydrogens is 658 g/mol. The van der Waals surface area contributed by atoms with Gasteiger partial charge in [-0.05, 0) is 56.2 Å². The molecule has 0 saturated carbocycles. The van der Waals surface area contributed by atoms with E-state index in [0.717, 1.165) is 10.2 Å². The van der Waals surface area contributed by atoms with E-state index in [-0.39, 0.29) is 28.7 Å². The Labute approximate surface area is 255 Å². The van der Waals surface area contributed by atoms with Gasteiger partial charge >= 0.3 is 5.82 Å². The molecule has 3 heterocycles. The maximum Gasteiger partial charge on any atom is 0.391 e. The standard InChI is InChI=1S/C27H26BrN9O3.BrH/c1-6-18-12-19(9-10-21(18)28)33-26-20-13-24(29-14-22(20)30-16-31-26)34-25(38)8-7-11-37(4,5)15-23-27(36(39)40)32-17(2)35(23)3;/h1,7-10,12-14,16H,11,15H2,2-5H3,(H-,29,30,31,33,34,38);1H/b8-7+;. The third kappa shape index (κ3) is 7.51. The Morgan fingerprint density at radius 2 is 2.02 bits per heavy atom. The topological polar surface area (TPSA) is 141 Å². The van der Waals surface area contributed by atoms with Crippen molar-refractivity contribution >= 4 is 55.9 Å². The number of halogens is 2. The van der Waals surface area contributed by atoms with Crippen LogP contribution in [-0.4, -0.2) is 60.5 Å². The number of hydrogen-bond donors (Lipinski definition) is 2. The first-order valence-corrected chi connectivity index (χ1v) is 12.9. The molecule has 212 valence electrons. The number of pyridine rings is 1. The molecule has 0 saturated heterocycles. The van der Waals surface area contributed by atoms with Crippen LogP contribution in [0.15, 0.2) is 53.4 Å². The third-order valence-electron chi connectivity index (χ3n) is 6.19. The predicted octanol–water partition coefficient (Wildman–Crippen LogP) is 1.24. The number of carbonyl (C=O) groups excluding carboxylic acids is 1. The molecule has 0 atom stereocenters. The van der Waals surface area contributed by atoms with Crippen molar-refractivity contribution in [3.8, 4) is 12.3 Å². The summed E-state index contributed by atoms with van der Waals surface area (Å²) >= 11 is 3.42. The van der Waals surface area contributed by atoms with Crippen LogP contribution in [0.5, 0.6) is 0 Å². The lowest BCUT2D eigenvalue weighted by Crippen LogP contribution is -3.00. The fourth-order valence-corrected chi connectivity index (χ4v) is 4.38. The van der Waals surface area contributed by atoms with E-state index in [9.17, 15) is 14.9 Å². The van der Waals surface area contributed by atoms with Crippen molar-refractivity contribution in [1.82, 2.24) is 24.5 Å². The molecule has 0 radical (unpaired) electrons. The van der Waals surface area contributed by atoms with Gasteiger partial charge in [-0.3, -0.25) is 4.79 Å².